The third-order valence-electron chi connectivity index (χ3n) is 2.66. The topological polar surface area (TPSA) is 39.2 Å². The number of carbonyl (C=O) groups excluding carboxylic acids is 1. The van der Waals surface area contributed by atoms with Crippen molar-refractivity contribution < 1.29 is 9.53 Å². The van der Waals surface area contributed by atoms with Crippen molar-refractivity contribution in [2.45, 2.75) is 17.9 Å². The van der Waals surface area contributed by atoms with Gasteiger partial charge in [-0.1, -0.05) is 23.7 Å². The first-order chi connectivity index (χ1) is 9.60. The van der Waals surface area contributed by atoms with E-state index >= 15 is 0 Å². The first-order valence-electron chi connectivity index (χ1n) is 6.00. The standard InChI is InChI=1S/C14H14ClNO2S2/c1-9(14(17)18-2)19-7-12-8-20-13(16-12)10-3-5-11(15)6-4-10/h3-6,8-9H,7H2,1-2H3. The van der Waals surface area contributed by atoms with Gasteiger partial charge in [-0.3, -0.25) is 4.79 Å². The summed E-state index contributed by atoms with van der Waals surface area (Å²) in [6, 6.07) is 7.61. The van der Waals surface area contributed by atoms with Crippen molar-refractivity contribution >= 4 is 40.7 Å². The Labute approximate surface area is 131 Å². The van der Waals surface area contributed by atoms with Crippen molar-refractivity contribution in [3.05, 3.63) is 40.4 Å². The van der Waals surface area contributed by atoms with Crippen LogP contribution in [0.2, 0.25) is 5.02 Å². The summed E-state index contributed by atoms with van der Waals surface area (Å²) in [7, 11) is 1.40. The van der Waals surface area contributed by atoms with Crippen LogP contribution in [0.3, 0.4) is 0 Å². The number of aromatic nitrogens is 1. The number of methoxy groups -OCH3 is 1. The zero-order valence-electron chi connectivity index (χ0n) is 11.1. The average Bonchev–Trinajstić information content (AvgIpc) is 2.93. The minimum atomic E-state index is -0.205. The monoisotopic (exact) mass is 327 g/mol. The molecule has 0 fully saturated rings. The number of halogens is 1. The largest absolute Gasteiger partial charge is 0.468 e. The molecular formula is C14H14ClNO2S2. The van der Waals surface area contributed by atoms with E-state index in [0.29, 0.717) is 10.8 Å². The molecule has 0 bridgehead atoms. The van der Waals surface area contributed by atoms with Crippen molar-refractivity contribution in [2.24, 2.45) is 0 Å². The molecule has 2 aromatic rings. The molecule has 0 aliphatic rings. The van der Waals surface area contributed by atoms with E-state index in [0.717, 1.165) is 16.3 Å². The molecule has 0 amide bonds. The van der Waals surface area contributed by atoms with E-state index in [2.05, 4.69) is 4.98 Å². The molecule has 0 saturated carbocycles. The van der Waals surface area contributed by atoms with Gasteiger partial charge in [0.15, 0.2) is 0 Å². The van der Waals surface area contributed by atoms with Gasteiger partial charge in [-0.2, -0.15) is 0 Å². The zero-order valence-corrected chi connectivity index (χ0v) is 13.5. The Morgan fingerprint density at radius 2 is 2.15 bits per heavy atom. The van der Waals surface area contributed by atoms with Gasteiger partial charge in [0.05, 0.1) is 18.1 Å². The number of carbonyl (C=O) groups is 1. The summed E-state index contributed by atoms with van der Waals surface area (Å²) in [5.74, 6) is 0.489. The normalized spacial score (nSPS) is 12.2. The maximum Gasteiger partial charge on any atom is 0.318 e. The highest BCUT2D eigenvalue weighted by Gasteiger charge is 2.14. The van der Waals surface area contributed by atoms with E-state index in [1.165, 1.54) is 18.9 Å². The Kier molecular flexibility index (Phi) is 5.46. The third-order valence-corrected chi connectivity index (χ3v) is 5.00. The molecule has 0 radical (unpaired) electrons. The molecule has 20 heavy (non-hydrogen) atoms. The summed E-state index contributed by atoms with van der Waals surface area (Å²) < 4.78 is 4.70. The lowest BCUT2D eigenvalue weighted by molar-refractivity contribution is -0.139. The highest BCUT2D eigenvalue weighted by molar-refractivity contribution is 7.99. The molecule has 1 aromatic heterocycles. The lowest BCUT2D eigenvalue weighted by atomic mass is 10.2. The summed E-state index contributed by atoms with van der Waals surface area (Å²) >= 11 is 8.98. The molecule has 0 spiro atoms. The predicted octanol–water partition coefficient (Wildman–Crippen LogP) is 4.26. The SMILES string of the molecule is COC(=O)C(C)SCc1csc(-c2ccc(Cl)cc2)n1. The lowest BCUT2D eigenvalue weighted by Crippen LogP contribution is -2.14. The van der Waals surface area contributed by atoms with Gasteiger partial charge in [0.2, 0.25) is 0 Å². The van der Waals surface area contributed by atoms with Gasteiger partial charge in [-0.15, -0.1) is 23.1 Å². The Bertz CT molecular complexity index is 583. The molecule has 1 atom stereocenters. The maximum absolute atomic E-state index is 11.3. The van der Waals surface area contributed by atoms with E-state index in [9.17, 15) is 4.79 Å². The molecule has 2 rings (SSSR count). The summed E-state index contributed by atoms with van der Waals surface area (Å²) in [6.45, 7) is 1.84. The number of ether oxygens (including phenoxy) is 1. The van der Waals surface area contributed by atoms with E-state index in [1.54, 1.807) is 11.3 Å². The third kappa shape index (κ3) is 3.98. The molecule has 106 valence electrons. The fourth-order valence-electron chi connectivity index (χ4n) is 1.54. The van der Waals surface area contributed by atoms with E-state index < -0.39 is 0 Å². The minimum Gasteiger partial charge on any atom is -0.468 e. The number of thiazole rings is 1. The Morgan fingerprint density at radius 1 is 1.45 bits per heavy atom. The molecule has 6 heteroatoms. The Balaban J connectivity index is 1.99. The van der Waals surface area contributed by atoms with Gasteiger partial charge >= 0.3 is 5.97 Å². The molecule has 0 saturated heterocycles. The van der Waals surface area contributed by atoms with Crippen LogP contribution in [0.1, 0.15) is 12.6 Å². The number of benzene rings is 1. The highest BCUT2D eigenvalue weighted by Crippen LogP contribution is 2.27. The molecule has 0 aliphatic heterocycles. The van der Waals surface area contributed by atoms with Gasteiger partial charge in [0, 0.05) is 21.7 Å². The summed E-state index contributed by atoms with van der Waals surface area (Å²) in [4.78, 5) is 15.9. The first-order valence-corrected chi connectivity index (χ1v) is 8.30. The fraction of sp³-hybridized carbons (Fsp3) is 0.286. The summed E-state index contributed by atoms with van der Waals surface area (Å²) in [6.07, 6.45) is 0. The second-order valence-electron chi connectivity index (χ2n) is 4.13. The summed E-state index contributed by atoms with van der Waals surface area (Å²) in [5, 5.41) is 3.51. The van der Waals surface area contributed by atoms with Gasteiger partial charge in [0.25, 0.3) is 0 Å². The van der Waals surface area contributed by atoms with Gasteiger partial charge < -0.3 is 4.74 Å². The second kappa shape index (κ2) is 7.11. The molecule has 0 aliphatic carbocycles. The smallest absolute Gasteiger partial charge is 0.318 e. The van der Waals surface area contributed by atoms with Crippen molar-refractivity contribution in [3.8, 4) is 10.6 Å². The molecule has 1 heterocycles. The van der Waals surface area contributed by atoms with E-state index in [1.807, 2.05) is 36.6 Å². The maximum atomic E-state index is 11.3. The van der Waals surface area contributed by atoms with Gasteiger partial charge in [-0.25, -0.2) is 4.98 Å². The van der Waals surface area contributed by atoms with Crippen LogP contribution in [0.25, 0.3) is 10.6 Å². The summed E-state index contributed by atoms with van der Waals surface area (Å²) in [5.41, 5.74) is 2.03. The lowest BCUT2D eigenvalue weighted by Gasteiger charge is -2.06. The molecular weight excluding hydrogens is 314 g/mol. The van der Waals surface area contributed by atoms with Crippen LogP contribution in [0.5, 0.6) is 0 Å². The number of thioether (sulfide) groups is 1. The van der Waals surface area contributed by atoms with Crippen molar-refractivity contribution in [1.82, 2.24) is 4.98 Å². The van der Waals surface area contributed by atoms with Crippen molar-refractivity contribution in [1.29, 1.82) is 0 Å². The quantitative estimate of drug-likeness (QED) is 0.769. The minimum absolute atomic E-state index is 0.180. The second-order valence-corrected chi connectivity index (χ2v) is 6.75. The van der Waals surface area contributed by atoms with Crippen molar-refractivity contribution in [2.75, 3.05) is 7.11 Å². The predicted molar refractivity (Wildman–Crippen MR) is 85.3 cm³/mol. The van der Waals surface area contributed by atoms with Crippen LogP contribution >= 0.6 is 34.7 Å². The molecule has 0 N–H and O–H groups in total. The highest BCUT2D eigenvalue weighted by atomic mass is 35.5. The Morgan fingerprint density at radius 3 is 2.80 bits per heavy atom. The van der Waals surface area contributed by atoms with Crippen LogP contribution in [0.15, 0.2) is 29.6 Å². The average molecular weight is 328 g/mol. The first kappa shape index (κ1) is 15.4. The van der Waals surface area contributed by atoms with Gasteiger partial charge in [0.1, 0.15) is 5.01 Å². The van der Waals surface area contributed by atoms with Crippen LogP contribution in [0, 0.1) is 0 Å². The van der Waals surface area contributed by atoms with Crippen molar-refractivity contribution in [3.63, 3.8) is 0 Å². The number of hydrogen-bond acceptors (Lipinski definition) is 5. The fourth-order valence-corrected chi connectivity index (χ4v) is 3.40. The Hall–Kier alpha value is -1.04. The number of nitrogens with zero attached hydrogens (tertiary/aromatic N) is 1. The van der Waals surface area contributed by atoms with E-state index in [-0.39, 0.29) is 11.2 Å². The van der Waals surface area contributed by atoms with Gasteiger partial charge in [-0.05, 0) is 19.1 Å². The zero-order chi connectivity index (χ0) is 14.5. The number of hydrogen-bond donors (Lipinski definition) is 0. The van der Waals surface area contributed by atoms with Crippen LogP contribution in [-0.2, 0) is 15.3 Å². The molecule has 1 aromatic carbocycles. The van der Waals surface area contributed by atoms with Crippen LogP contribution in [-0.4, -0.2) is 23.3 Å². The number of esters is 1. The van der Waals surface area contributed by atoms with Crippen LogP contribution < -0.4 is 0 Å². The number of rotatable bonds is 5. The molecule has 1 unspecified atom stereocenters. The van der Waals surface area contributed by atoms with E-state index in [4.69, 9.17) is 16.3 Å². The van der Waals surface area contributed by atoms with Crippen LogP contribution in [0.4, 0.5) is 0 Å². The molecule has 3 nitrogen and oxygen atoms in total.